The SMILES string of the molecule is N=C(N)N(C(=O)N=S)C(=O)c1ccccc1C(=O)N(C(=N)N)C(=O)N=S. The first kappa shape index (κ1) is 20.5. The second kappa shape index (κ2) is 8.54. The summed E-state index contributed by atoms with van der Waals surface area (Å²) in [6.45, 7) is 0. The number of nitrogens with one attached hydrogen (secondary N) is 2. The number of hydrogen-bond donors (Lipinski definition) is 4. The molecule has 26 heavy (non-hydrogen) atoms. The van der Waals surface area contributed by atoms with Crippen molar-refractivity contribution >= 4 is 60.6 Å². The quantitative estimate of drug-likeness (QED) is 0.398. The fourth-order valence-corrected chi connectivity index (χ4v) is 1.94. The van der Waals surface area contributed by atoms with Gasteiger partial charge in [0, 0.05) is 24.9 Å². The molecule has 0 aromatic heterocycles. The molecule has 0 bridgehead atoms. The van der Waals surface area contributed by atoms with E-state index in [0.717, 1.165) is 12.1 Å². The third kappa shape index (κ3) is 4.11. The van der Waals surface area contributed by atoms with Gasteiger partial charge in [0.2, 0.25) is 11.9 Å². The highest BCUT2D eigenvalue weighted by atomic mass is 32.1. The first-order chi connectivity index (χ1) is 12.2. The average molecular weight is 394 g/mol. The van der Waals surface area contributed by atoms with Crippen LogP contribution in [-0.4, -0.2) is 45.6 Å². The molecule has 6 N–H and O–H groups in total. The molecule has 0 radical (unpaired) electrons. The maximum absolute atomic E-state index is 12.5. The molecule has 134 valence electrons. The molecule has 0 aliphatic carbocycles. The summed E-state index contributed by atoms with van der Waals surface area (Å²) >= 11 is 8.38. The number of hydrogen-bond acceptors (Lipinski definition) is 8. The minimum absolute atomic E-state index is 0.122. The van der Waals surface area contributed by atoms with Gasteiger partial charge in [0.05, 0.1) is 11.1 Å². The Kier molecular flexibility index (Phi) is 6.74. The first-order valence-electron chi connectivity index (χ1n) is 6.38. The zero-order valence-electron chi connectivity index (χ0n) is 12.7. The zero-order valence-corrected chi connectivity index (χ0v) is 14.3. The van der Waals surface area contributed by atoms with Crippen LogP contribution in [0, 0.1) is 10.8 Å². The number of nitrogens with two attached hydrogens (primary N) is 2. The van der Waals surface area contributed by atoms with Crippen molar-refractivity contribution < 1.29 is 19.2 Å². The van der Waals surface area contributed by atoms with Crippen LogP contribution < -0.4 is 11.5 Å². The van der Waals surface area contributed by atoms with E-state index in [1.165, 1.54) is 12.1 Å². The lowest BCUT2D eigenvalue weighted by molar-refractivity contribution is 0.0838. The third-order valence-electron chi connectivity index (χ3n) is 2.81. The van der Waals surface area contributed by atoms with Gasteiger partial charge in [-0.15, -0.1) is 8.73 Å². The number of carbonyl (C=O) groups is 4. The standard InChI is InChI=1S/C12H10N8O4S2/c13-9(14)19(11(23)17-25)7(21)5-3-1-2-4-6(5)8(22)20(10(15)16)12(24)18-26/h1-4H,(H3,13,14)(H3,15,16). The Morgan fingerprint density at radius 2 is 1.12 bits per heavy atom. The van der Waals surface area contributed by atoms with Gasteiger partial charge in [-0.1, -0.05) is 12.1 Å². The number of imide groups is 2. The highest BCUT2D eigenvalue weighted by molar-refractivity contribution is 7.48. The number of guanidine groups is 2. The smallest absolute Gasteiger partial charge is 0.368 e. The van der Waals surface area contributed by atoms with Crippen LogP contribution in [-0.2, 0) is 24.9 Å². The van der Waals surface area contributed by atoms with E-state index in [9.17, 15) is 19.2 Å². The number of carbonyl (C=O) groups excluding carboxylic acids is 4. The molecule has 1 rings (SSSR count). The van der Waals surface area contributed by atoms with E-state index in [-0.39, 0.29) is 9.80 Å². The Labute approximate surface area is 156 Å². The fraction of sp³-hybridized carbons (Fsp3) is 0. The summed E-state index contributed by atoms with van der Waals surface area (Å²) in [7, 11) is 0. The van der Waals surface area contributed by atoms with E-state index in [2.05, 4.69) is 33.6 Å². The average Bonchev–Trinajstić information content (AvgIpc) is 2.60. The summed E-state index contributed by atoms with van der Waals surface area (Å²) < 4.78 is 5.66. The lowest BCUT2D eigenvalue weighted by Crippen LogP contribution is -2.46. The molecule has 0 saturated heterocycles. The van der Waals surface area contributed by atoms with Crippen LogP contribution in [0.4, 0.5) is 9.59 Å². The van der Waals surface area contributed by atoms with Crippen molar-refractivity contribution in [3.8, 4) is 0 Å². The molecule has 0 aliphatic rings. The van der Waals surface area contributed by atoms with Gasteiger partial charge in [-0.05, 0) is 12.1 Å². The number of rotatable bonds is 2. The van der Waals surface area contributed by atoms with Crippen LogP contribution in [0.2, 0.25) is 0 Å². The van der Waals surface area contributed by atoms with Crippen LogP contribution in [0.15, 0.2) is 33.0 Å². The molecular weight excluding hydrogens is 384 g/mol. The van der Waals surface area contributed by atoms with E-state index in [0.29, 0.717) is 0 Å². The van der Waals surface area contributed by atoms with Crippen LogP contribution in [0.3, 0.4) is 0 Å². The number of amides is 6. The Morgan fingerprint density at radius 3 is 1.35 bits per heavy atom. The summed E-state index contributed by atoms with van der Waals surface area (Å²) in [4.78, 5) is 48.6. The van der Waals surface area contributed by atoms with Crippen molar-refractivity contribution in [3.63, 3.8) is 0 Å². The normalized spacial score (nSPS) is 9.54. The monoisotopic (exact) mass is 394 g/mol. The van der Waals surface area contributed by atoms with E-state index in [4.69, 9.17) is 22.3 Å². The van der Waals surface area contributed by atoms with Crippen molar-refractivity contribution in [1.29, 1.82) is 10.8 Å². The summed E-state index contributed by atoms with van der Waals surface area (Å²) in [6.07, 6.45) is 0. The van der Waals surface area contributed by atoms with Crippen LogP contribution in [0.1, 0.15) is 20.7 Å². The predicted molar refractivity (Wildman–Crippen MR) is 93.0 cm³/mol. The van der Waals surface area contributed by atoms with Crippen molar-refractivity contribution in [2.24, 2.45) is 20.2 Å². The van der Waals surface area contributed by atoms with Crippen LogP contribution in [0.25, 0.3) is 0 Å². The molecule has 0 atom stereocenters. The van der Waals surface area contributed by atoms with Gasteiger partial charge in [-0.3, -0.25) is 20.4 Å². The largest absolute Gasteiger partial charge is 0.369 e. The lowest BCUT2D eigenvalue weighted by atomic mass is 10.1. The minimum atomic E-state index is -1.32. The summed E-state index contributed by atoms with van der Waals surface area (Å²) in [5.41, 5.74) is 9.51. The van der Waals surface area contributed by atoms with E-state index in [1.54, 1.807) is 0 Å². The molecule has 1 aromatic carbocycles. The zero-order chi connectivity index (χ0) is 20.0. The molecule has 0 spiro atoms. The van der Waals surface area contributed by atoms with Gasteiger partial charge >= 0.3 is 12.1 Å². The Morgan fingerprint density at radius 1 is 0.808 bits per heavy atom. The topological polar surface area (TPSA) is 199 Å². The fourth-order valence-electron chi connectivity index (χ4n) is 1.78. The maximum Gasteiger partial charge on any atom is 0.368 e. The predicted octanol–water partition coefficient (Wildman–Crippen LogP) is 0.0589. The summed E-state index contributed by atoms with van der Waals surface area (Å²) in [5, 5.41) is 14.6. The van der Waals surface area contributed by atoms with Crippen molar-refractivity contribution in [1.82, 2.24) is 9.80 Å². The van der Waals surface area contributed by atoms with Crippen LogP contribution in [0.5, 0.6) is 0 Å². The van der Waals surface area contributed by atoms with Gasteiger partial charge in [0.1, 0.15) is 0 Å². The highest BCUT2D eigenvalue weighted by Crippen LogP contribution is 2.16. The van der Waals surface area contributed by atoms with E-state index < -0.39 is 46.9 Å². The Hall–Kier alpha value is -3.52. The minimum Gasteiger partial charge on any atom is -0.369 e. The van der Waals surface area contributed by atoms with Gasteiger partial charge in [0.25, 0.3) is 11.8 Å². The second-order valence-electron chi connectivity index (χ2n) is 4.34. The number of benzene rings is 1. The van der Waals surface area contributed by atoms with Crippen molar-refractivity contribution in [2.75, 3.05) is 0 Å². The molecule has 12 nitrogen and oxygen atoms in total. The molecule has 0 unspecified atom stereocenters. The third-order valence-corrected chi connectivity index (χ3v) is 3.13. The molecule has 14 heteroatoms. The second-order valence-corrected chi connectivity index (χ2v) is 4.71. The number of urea groups is 2. The van der Waals surface area contributed by atoms with Gasteiger partial charge < -0.3 is 11.5 Å². The molecule has 0 saturated carbocycles. The van der Waals surface area contributed by atoms with Gasteiger partial charge in [-0.25, -0.2) is 9.59 Å². The molecule has 1 aromatic rings. The molecule has 6 amide bonds. The van der Waals surface area contributed by atoms with E-state index >= 15 is 0 Å². The lowest BCUT2D eigenvalue weighted by Gasteiger charge is -2.20. The van der Waals surface area contributed by atoms with Crippen LogP contribution >= 0.6 is 0 Å². The molecule has 0 heterocycles. The summed E-state index contributed by atoms with van der Waals surface area (Å²) in [5.74, 6) is -4.38. The van der Waals surface area contributed by atoms with Gasteiger partial charge in [-0.2, -0.15) is 9.80 Å². The summed E-state index contributed by atoms with van der Waals surface area (Å²) in [6, 6.07) is 2.29. The van der Waals surface area contributed by atoms with Gasteiger partial charge in [0.15, 0.2) is 0 Å². The molecular formula is C12H10N8O4S2. The highest BCUT2D eigenvalue weighted by Gasteiger charge is 2.32. The molecule has 0 fully saturated rings. The first-order valence-corrected chi connectivity index (χ1v) is 7.11. The molecule has 0 aliphatic heterocycles. The number of nitrogens with zero attached hydrogens (tertiary/aromatic N) is 4. The maximum atomic E-state index is 12.5. The van der Waals surface area contributed by atoms with Crippen molar-refractivity contribution in [2.45, 2.75) is 0 Å². The Bertz CT molecular complexity index is 786. The van der Waals surface area contributed by atoms with E-state index in [1.807, 2.05) is 0 Å². The van der Waals surface area contributed by atoms with Crippen molar-refractivity contribution in [3.05, 3.63) is 35.4 Å². The Balaban J connectivity index is 3.51.